The Morgan fingerprint density at radius 3 is 2.18 bits per heavy atom. The molecule has 0 saturated heterocycles. The van der Waals surface area contributed by atoms with Crippen LogP contribution in [-0.2, 0) is 0 Å². The summed E-state index contributed by atoms with van der Waals surface area (Å²) in [6, 6.07) is 8.53. The van der Waals surface area contributed by atoms with Gasteiger partial charge in [-0.3, -0.25) is 0 Å². The monoisotopic (exact) mass is 290 g/mol. The Labute approximate surface area is 128 Å². The third-order valence-electron chi connectivity index (χ3n) is 4.30. The normalized spacial score (nSPS) is 11.6. The second kappa shape index (κ2) is 4.44. The summed E-state index contributed by atoms with van der Waals surface area (Å²) in [4.78, 5) is 16.0. The molecule has 110 valence electrons. The van der Waals surface area contributed by atoms with Gasteiger partial charge >= 0.3 is 0 Å². The van der Waals surface area contributed by atoms with Gasteiger partial charge in [0.1, 0.15) is 11.6 Å². The SMILES string of the molecule is Cc1nc2cc3nc(-c4cc(C)c(C)cc4C)[nH]c3cc2[nH]1. The van der Waals surface area contributed by atoms with Crippen LogP contribution in [0.25, 0.3) is 33.5 Å². The third-order valence-corrected chi connectivity index (χ3v) is 4.30. The van der Waals surface area contributed by atoms with Crippen molar-refractivity contribution < 1.29 is 0 Å². The van der Waals surface area contributed by atoms with E-state index in [-0.39, 0.29) is 0 Å². The summed E-state index contributed by atoms with van der Waals surface area (Å²) in [5.74, 6) is 1.84. The molecule has 2 N–H and O–H groups in total. The minimum Gasteiger partial charge on any atom is -0.342 e. The lowest BCUT2D eigenvalue weighted by molar-refractivity contribution is 1.17. The summed E-state index contributed by atoms with van der Waals surface area (Å²) >= 11 is 0. The fraction of sp³-hybridized carbons (Fsp3) is 0.222. The number of fused-ring (bicyclic) bond motifs is 2. The molecule has 0 spiro atoms. The molecule has 4 nitrogen and oxygen atoms in total. The molecule has 4 aromatic rings. The fourth-order valence-corrected chi connectivity index (χ4v) is 2.99. The number of H-pyrrole nitrogens is 2. The lowest BCUT2D eigenvalue weighted by Crippen LogP contribution is -1.90. The molecule has 22 heavy (non-hydrogen) atoms. The summed E-state index contributed by atoms with van der Waals surface area (Å²) in [7, 11) is 0. The molecule has 2 heterocycles. The van der Waals surface area contributed by atoms with Crippen LogP contribution in [0, 0.1) is 27.7 Å². The Morgan fingerprint density at radius 1 is 0.682 bits per heavy atom. The molecular formula is C18H18N4. The van der Waals surface area contributed by atoms with E-state index in [2.05, 4.69) is 53.9 Å². The molecule has 0 unspecified atom stereocenters. The molecule has 0 aliphatic rings. The first-order chi connectivity index (χ1) is 10.5. The predicted molar refractivity (Wildman–Crippen MR) is 90.1 cm³/mol. The number of aromatic amines is 2. The summed E-state index contributed by atoms with van der Waals surface area (Å²) in [6.07, 6.45) is 0. The Morgan fingerprint density at radius 2 is 1.36 bits per heavy atom. The van der Waals surface area contributed by atoms with Crippen molar-refractivity contribution in [2.75, 3.05) is 0 Å². The fourth-order valence-electron chi connectivity index (χ4n) is 2.99. The molecular weight excluding hydrogens is 272 g/mol. The number of rotatable bonds is 1. The lowest BCUT2D eigenvalue weighted by atomic mass is 10.0. The quantitative estimate of drug-likeness (QED) is 0.548. The van der Waals surface area contributed by atoms with E-state index in [0.29, 0.717) is 0 Å². The maximum atomic E-state index is 4.76. The van der Waals surface area contributed by atoms with Gasteiger partial charge in [0.15, 0.2) is 0 Å². The summed E-state index contributed by atoms with van der Waals surface area (Å²) < 4.78 is 0. The van der Waals surface area contributed by atoms with E-state index in [0.717, 1.165) is 39.3 Å². The molecule has 4 heteroatoms. The zero-order valence-electron chi connectivity index (χ0n) is 13.2. The number of nitrogens with one attached hydrogen (secondary N) is 2. The first-order valence-electron chi connectivity index (χ1n) is 7.45. The van der Waals surface area contributed by atoms with Crippen LogP contribution in [0.2, 0.25) is 0 Å². The number of hydrogen-bond donors (Lipinski definition) is 2. The van der Waals surface area contributed by atoms with Crippen molar-refractivity contribution in [1.82, 2.24) is 19.9 Å². The molecule has 0 amide bonds. The zero-order chi connectivity index (χ0) is 15.4. The van der Waals surface area contributed by atoms with Gasteiger partial charge in [0.2, 0.25) is 0 Å². The molecule has 0 aliphatic carbocycles. The van der Waals surface area contributed by atoms with Gasteiger partial charge < -0.3 is 9.97 Å². The standard InChI is InChI=1S/C18H18N4/c1-9-5-11(3)13(6-10(9)2)18-21-16-7-14-15(8-17(16)22-18)20-12(4)19-14/h5-8H,1-4H3,(H,19,20)(H,21,22). The molecule has 0 radical (unpaired) electrons. The molecule has 0 atom stereocenters. The van der Waals surface area contributed by atoms with Crippen LogP contribution in [0.5, 0.6) is 0 Å². The Bertz CT molecular complexity index is 970. The molecule has 4 rings (SSSR count). The van der Waals surface area contributed by atoms with Gasteiger partial charge in [0, 0.05) is 5.56 Å². The third kappa shape index (κ3) is 1.91. The van der Waals surface area contributed by atoms with Gasteiger partial charge in [-0.25, -0.2) is 9.97 Å². The average Bonchev–Trinajstić information content (AvgIpc) is 3.01. The summed E-state index contributed by atoms with van der Waals surface area (Å²) in [5.41, 5.74) is 8.97. The van der Waals surface area contributed by atoms with Crippen LogP contribution < -0.4 is 0 Å². The van der Waals surface area contributed by atoms with Crippen molar-refractivity contribution in [1.29, 1.82) is 0 Å². The van der Waals surface area contributed by atoms with Gasteiger partial charge in [-0.2, -0.15) is 0 Å². The molecule has 0 saturated carbocycles. The van der Waals surface area contributed by atoms with E-state index >= 15 is 0 Å². The largest absolute Gasteiger partial charge is 0.342 e. The minimum atomic E-state index is 0.917. The molecule has 0 fully saturated rings. The van der Waals surface area contributed by atoms with Crippen LogP contribution in [0.4, 0.5) is 0 Å². The second-order valence-corrected chi connectivity index (χ2v) is 6.05. The summed E-state index contributed by atoms with van der Waals surface area (Å²) in [5, 5.41) is 0. The first-order valence-corrected chi connectivity index (χ1v) is 7.45. The van der Waals surface area contributed by atoms with Crippen molar-refractivity contribution in [2.24, 2.45) is 0 Å². The average molecular weight is 290 g/mol. The van der Waals surface area contributed by atoms with E-state index in [9.17, 15) is 0 Å². The number of nitrogens with zero attached hydrogens (tertiary/aromatic N) is 2. The van der Waals surface area contributed by atoms with E-state index in [1.54, 1.807) is 0 Å². The van der Waals surface area contributed by atoms with Gasteiger partial charge in [0.05, 0.1) is 22.1 Å². The molecule has 0 bridgehead atoms. The van der Waals surface area contributed by atoms with E-state index in [1.165, 1.54) is 16.7 Å². The minimum absolute atomic E-state index is 0.917. The first kappa shape index (κ1) is 13.1. The zero-order valence-corrected chi connectivity index (χ0v) is 13.2. The second-order valence-electron chi connectivity index (χ2n) is 6.05. The van der Waals surface area contributed by atoms with Crippen molar-refractivity contribution in [3.63, 3.8) is 0 Å². The number of aromatic nitrogens is 4. The molecule has 2 aromatic heterocycles. The highest BCUT2D eigenvalue weighted by molar-refractivity contribution is 5.92. The van der Waals surface area contributed by atoms with Crippen LogP contribution in [0.3, 0.4) is 0 Å². The number of aryl methyl sites for hydroxylation is 4. The Hall–Kier alpha value is -2.62. The van der Waals surface area contributed by atoms with Crippen molar-refractivity contribution >= 4 is 22.1 Å². The van der Waals surface area contributed by atoms with Crippen LogP contribution >= 0.6 is 0 Å². The topological polar surface area (TPSA) is 57.4 Å². The van der Waals surface area contributed by atoms with E-state index < -0.39 is 0 Å². The van der Waals surface area contributed by atoms with Gasteiger partial charge in [-0.1, -0.05) is 6.07 Å². The highest BCUT2D eigenvalue weighted by atomic mass is 14.9. The van der Waals surface area contributed by atoms with E-state index in [4.69, 9.17) is 4.98 Å². The van der Waals surface area contributed by atoms with Crippen molar-refractivity contribution in [3.8, 4) is 11.4 Å². The number of imidazole rings is 2. The van der Waals surface area contributed by atoms with Gasteiger partial charge in [-0.05, 0) is 62.6 Å². The maximum Gasteiger partial charge on any atom is 0.138 e. The smallest absolute Gasteiger partial charge is 0.138 e. The predicted octanol–water partition coefficient (Wildman–Crippen LogP) is 4.34. The molecule has 2 aromatic carbocycles. The number of hydrogen-bond acceptors (Lipinski definition) is 2. The van der Waals surface area contributed by atoms with E-state index in [1.807, 2.05) is 13.0 Å². The lowest BCUT2D eigenvalue weighted by Gasteiger charge is -2.07. The van der Waals surface area contributed by atoms with Gasteiger partial charge in [-0.15, -0.1) is 0 Å². The van der Waals surface area contributed by atoms with Crippen molar-refractivity contribution in [3.05, 3.63) is 46.8 Å². The van der Waals surface area contributed by atoms with Gasteiger partial charge in [0.25, 0.3) is 0 Å². The number of benzene rings is 2. The molecule has 0 aliphatic heterocycles. The Balaban J connectivity index is 1.94. The van der Waals surface area contributed by atoms with Crippen LogP contribution in [0.15, 0.2) is 24.3 Å². The van der Waals surface area contributed by atoms with Crippen LogP contribution in [-0.4, -0.2) is 19.9 Å². The highest BCUT2D eigenvalue weighted by Crippen LogP contribution is 2.27. The van der Waals surface area contributed by atoms with Crippen LogP contribution in [0.1, 0.15) is 22.5 Å². The maximum absolute atomic E-state index is 4.76. The Kier molecular flexibility index (Phi) is 2.64. The van der Waals surface area contributed by atoms with Crippen molar-refractivity contribution in [2.45, 2.75) is 27.7 Å². The summed E-state index contributed by atoms with van der Waals surface area (Å²) in [6.45, 7) is 8.37. The highest BCUT2D eigenvalue weighted by Gasteiger charge is 2.11.